The third kappa shape index (κ3) is 6.01. The highest BCUT2D eigenvalue weighted by Gasteiger charge is 2.33. The lowest BCUT2D eigenvalue weighted by Crippen LogP contribution is -2.53. The fourth-order valence-electron chi connectivity index (χ4n) is 6.13. The number of benzene rings is 3. The summed E-state index contributed by atoms with van der Waals surface area (Å²) in [4.78, 5) is 37.7. The molecule has 0 aliphatic carbocycles. The summed E-state index contributed by atoms with van der Waals surface area (Å²) in [5.41, 5.74) is 3.78. The van der Waals surface area contributed by atoms with E-state index >= 15 is 0 Å². The van der Waals surface area contributed by atoms with Crippen LogP contribution in [0.25, 0.3) is 11.0 Å². The van der Waals surface area contributed by atoms with Crippen molar-refractivity contribution >= 4 is 34.4 Å². The number of imidazole rings is 1. The molecule has 0 unspecified atom stereocenters. The number of amides is 2. The summed E-state index contributed by atoms with van der Waals surface area (Å²) in [5, 5.41) is 0.459. The zero-order valence-corrected chi connectivity index (χ0v) is 24.7. The number of likely N-dealkylation sites (tertiary alicyclic amines) is 1. The van der Waals surface area contributed by atoms with Crippen LogP contribution >= 0.6 is 11.6 Å². The molecule has 42 heavy (non-hydrogen) atoms. The number of carbonyl (C=O) groups is 2. The van der Waals surface area contributed by atoms with Gasteiger partial charge in [-0.25, -0.2) is 4.98 Å². The number of nitrogens with zero attached hydrogens (tertiary/aromatic N) is 5. The summed E-state index contributed by atoms with van der Waals surface area (Å²) < 4.78 is 7.62. The molecule has 2 fully saturated rings. The quantitative estimate of drug-likeness (QED) is 0.307. The van der Waals surface area contributed by atoms with Crippen molar-refractivity contribution in [2.75, 3.05) is 46.4 Å². The Morgan fingerprint density at radius 1 is 0.881 bits per heavy atom. The number of aromatic nitrogens is 2. The minimum absolute atomic E-state index is 0.0519. The lowest BCUT2D eigenvalue weighted by atomic mass is 9.96. The van der Waals surface area contributed by atoms with E-state index in [1.54, 1.807) is 24.1 Å². The normalized spacial score (nSPS) is 17.9. The highest BCUT2D eigenvalue weighted by Crippen LogP contribution is 2.25. The molecule has 2 aliphatic rings. The van der Waals surface area contributed by atoms with E-state index in [4.69, 9.17) is 21.3 Å². The van der Waals surface area contributed by atoms with Crippen molar-refractivity contribution in [3.8, 4) is 5.75 Å². The van der Waals surface area contributed by atoms with Crippen molar-refractivity contribution in [1.82, 2.24) is 24.3 Å². The number of methoxy groups -OCH3 is 1. The van der Waals surface area contributed by atoms with Crippen LogP contribution in [-0.4, -0.2) is 82.4 Å². The van der Waals surface area contributed by atoms with Gasteiger partial charge in [-0.05, 0) is 61.3 Å². The first-order valence-electron chi connectivity index (χ1n) is 14.6. The van der Waals surface area contributed by atoms with E-state index in [2.05, 4.69) is 39.8 Å². The van der Waals surface area contributed by atoms with Crippen molar-refractivity contribution in [3.63, 3.8) is 0 Å². The molecular weight excluding hydrogens is 550 g/mol. The molecule has 0 N–H and O–H groups in total. The maximum atomic E-state index is 13.6. The fourth-order valence-corrected chi connectivity index (χ4v) is 6.35. The number of fused-ring (bicyclic) bond motifs is 1. The molecule has 8 nitrogen and oxygen atoms in total. The molecule has 6 rings (SSSR count). The number of carbonyl (C=O) groups excluding carboxylic acids is 2. The lowest BCUT2D eigenvalue weighted by molar-refractivity contribution is -0.139. The molecule has 9 heteroatoms. The summed E-state index contributed by atoms with van der Waals surface area (Å²) in [6.45, 7) is 5.18. The average molecular weight is 586 g/mol. The smallest absolute Gasteiger partial charge is 0.255 e. The Labute approximate surface area is 251 Å². The van der Waals surface area contributed by atoms with E-state index in [9.17, 15) is 9.59 Å². The number of piperidine rings is 1. The molecule has 1 aromatic heterocycles. The second-order valence-corrected chi connectivity index (χ2v) is 11.5. The second-order valence-electron chi connectivity index (χ2n) is 11.1. The van der Waals surface area contributed by atoms with Gasteiger partial charge in [-0.1, -0.05) is 48.0 Å². The predicted octanol–water partition coefficient (Wildman–Crippen LogP) is 4.94. The summed E-state index contributed by atoms with van der Waals surface area (Å²) in [7, 11) is 1.68. The molecular formula is C33H36ClN5O3. The lowest BCUT2D eigenvalue weighted by Gasteiger charge is -2.39. The van der Waals surface area contributed by atoms with E-state index in [1.165, 1.54) is 5.56 Å². The first-order chi connectivity index (χ1) is 20.5. The van der Waals surface area contributed by atoms with Gasteiger partial charge in [-0.2, -0.15) is 0 Å². The topological polar surface area (TPSA) is 70.9 Å². The van der Waals surface area contributed by atoms with Crippen LogP contribution in [0.3, 0.4) is 0 Å². The van der Waals surface area contributed by atoms with Crippen LogP contribution in [-0.2, 0) is 17.9 Å². The Balaban J connectivity index is 1.10. The van der Waals surface area contributed by atoms with Crippen molar-refractivity contribution in [2.24, 2.45) is 5.92 Å². The van der Waals surface area contributed by atoms with Gasteiger partial charge in [0.25, 0.3) is 5.91 Å². The number of piperazine rings is 1. The molecule has 2 saturated heterocycles. The number of para-hydroxylation sites is 2. The van der Waals surface area contributed by atoms with Crippen molar-refractivity contribution in [3.05, 3.63) is 94.8 Å². The molecule has 218 valence electrons. The van der Waals surface area contributed by atoms with Crippen LogP contribution in [0.5, 0.6) is 5.75 Å². The molecule has 0 spiro atoms. The van der Waals surface area contributed by atoms with Crippen LogP contribution in [0.1, 0.15) is 34.6 Å². The average Bonchev–Trinajstić information content (AvgIpc) is 3.37. The maximum absolute atomic E-state index is 13.6. The molecule has 2 amide bonds. The van der Waals surface area contributed by atoms with E-state index in [-0.39, 0.29) is 17.7 Å². The minimum atomic E-state index is -0.0749. The second kappa shape index (κ2) is 12.5. The molecule has 4 aromatic rings. The van der Waals surface area contributed by atoms with Crippen molar-refractivity contribution in [1.29, 1.82) is 0 Å². The first-order valence-corrected chi connectivity index (χ1v) is 15.0. The van der Waals surface area contributed by atoms with Gasteiger partial charge in [0.05, 0.1) is 41.2 Å². The Bertz CT molecular complexity index is 1560. The molecule has 3 heterocycles. The molecule has 0 saturated carbocycles. The van der Waals surface area contributed by atoms with Gasteiger partial charge in [0.15, 0.2) is 0 Å². The molecule has 0 bridgehead atoms. The molecule has 0 radical (unpaired) electrons. The Morgan fingerprint density at radius 2 is 1.60 bits per heavy atom. The van der Waals surface area contributed by atoms with E-state index in [0.29, 0.717) is 56.4 Å². The number of rotatable bonds is 7. The van der Waals surface area contributed by atoms with Gasteiger partial charge in [-0.3, -0.25) is 14.5 Å². The third-order valence-corrected chi connectivity index (χ3v) is 8.77. The van der Waals surface area contributed by atoms with Crippen molar-refractivity contribution in [2.45, 2.75) is 25.9 Å². The monoisotopic (exact) mass is 585 g/mol. The SMILES string of the molecule is COc1ccc(Cn2c(CN3CCC[C@H](C(=O)N4CCN(C(=O)c5ccccc5Cl)CC4)C3)nc3ccccc32)cc1. The maximum Gasteiger partial charge on any atom is 0.255 e. The molecule has 1 atom stereocenters. The summed E-state index contributed by atoms with van der Waals surface area (Å²) >= 11 is 6.25. The minimum Gasteiger partial charge on any atom is -0.497 e. The third-order valence-electron chi connectivity index (χ3n) is 8.44. The van der Waals surface area contributed by atoms with Crippen LogP contribution in [0, 0.1) is 5.92 Å². The zero-order valence-electron chi connectivity index (χ0n) is 23.9. The van der Waals surface area contributed by atoms with Crippen LogP contribution in [0.15, 0.2) is 72.8 Å². The molecule has 3 aromatic carbocycles. The summed E-state index contributed by atoms with van der Waals surface area (Å²) in [5.74, 6) is 1.91. The van der Waals surface area contributed by atoms with Gasteiger partial charge in [0.2, 0.25) is 5.91 Å². The van der Waals surface area contributed by atoms with Crippen LogP contribution in [0.4, 0.5) is 0 Å². The fraction of sp³-hybridized carbons (Fsp3) is 0.364. The first kappa shape index (κ1) is 28.2. The van der Waals surface area contributed by atoms with Gasteiger partial charge in [0, 0.05) is 39.3 Å². The van der Waals surface area contributed by atoms with E-state index in [1.807, 2.05) is 35.2 Å². The molecule has 2 aliphatic heterocycles. The zero-order chi connectivity index (χ0) is 29.1. The Kier molecular flexibility index (Phi) is 8.44. The number of halogens is 1. The number of ether oxygens (including phenoxy) is 1. The van der Waals surface area contributed by atoms with Gasteiger partial charge in [0.1, 0.15) is 11.6 Å². The summed E-state index contributed by atoms with van der Waals surface area (Å²) in [6, 6.07) is 23.5. The van der Waals surface area contributed by atoms with Gasteiger partial charge in [-0.15, -0.1) is 0 Å². The standard InChI is InChI=1S/C33H36ClN5O3/c1-42-26-14-12-24(13-15-26)21-39-30-11-5-4-10-29(30)35-31(39)23-36-16-6-7-25(22-36)32(40)37-17-19-38(20-18-37)33(41)27-8-2-3-9-28(27)34/h2-5,8-15,25H,6-7,16-23H2,1H3/t25-/m0/s1. The summed E-state index contributed by atoms with van der Waals surface area (Å²) in [6.07, 6.45) is 1.86. The van der Waals surface area contributed by atoms with E-state index in [0.717, 1.165) is 42.0 Å². The highest BCUT2D eigenvalue weighted by atomic mass is 35.5. The number of hydrogen-bond acceptors (Lipinski definition) is 5. The Morgan fingerprint density at radius 3 is 2.36 bits per heavy atom. The largest absolute Gasteiger partial charge is 0.497 e. The highest BCUT2D eigenvalue weighted by molar-refractivity contribution is 6.33. The predicted molar refractivity (Wildman–Crippen MR) is 164 cm³/mol. The van der Waals surface area contributed by atoms with E-state index < -0.39 is 0 Å². The van der Waals surface area contributed by atoms with Crippen LogP contribution < -0.4 is 4.74 Å². The van der Waals surface area contributed by atoms with Crippen LogP contribution in [0.2, 0.25) is 5.02 Å². The van der Waals surface area contributed by atoms with Crippen molar-refractivity contribution < 1.29 is 14.3 Å². The number of hydrogen-bond donors (Lipinski definition) is 0. The van der Waals surface area contributed by atoms with Gasteiger partial charge >= 0.3 is 0 Å². The van der Waals surface area contributed by atoms with Gasteiger partial charge < -0.3 is 19.1 Å². The Hall–Kier alpha value is -3.88.